The van der Waals surface area contributed by atoms with Crippen LogP contribution in [0.15, 0.2) is 0 Å². The zero-order chi connectivity index (χ0) is 45.6. The van der Waals surface area contributed by atoms with Crippen molar-refractivity contribution in [3.63, 3.8) is 0 Å². The fourth-order valence-electron chi connectivity index (χ4n) is 8.44. The minimum atomic E-state index is -0.764. The van der Waals surface area contributed by atoms with E-state index in [9.17, 15) is 14.4 Å². The first-order chi connectivity index (χ1) is 30.1. The zero-order valence-electron chi connectivity index (χ0n) is 42.7. The lowest BCUT2D eigenvalue weighted by molar-refractivity contribution is -0.167. The average molecular weight is 877 g/mol. The Bertz CT molecular complexity index is 962. The Kier molecular flexibility index (Phi) is 46.2. The van der Waals surface area contributed by atoms with Crippen LogP contribution in [0.2, 0.25) is 0 Å². The van der Waals surface area contributed by atoms with Crippen LogP contribution in [-0.4, -0.2) is 37.2 Å². The van der Waals surface area contributed by atoms with E-state index in [1.165, 1.54) is 186 Å². The first kappa shape index (κ1) is 60.4. The molecule has 1 unspecified atom stereocenters. The van der Waals surface area contributed by atoms with Crippen molar-refractivity contribution in [1.82, 2.24) is 0 Å². The first-order valence-corrected chi connectivity index (χ1v) is 27.6. The summed E-state index contributed by atoms with van der Waals surface area (Å²) >= 11 is 0. The maximum Gasteiger partial charge on any atom is 0.306 e. The minimum Gasteiger partial charge on any atom is -0.462 e. The second-order valence-corrected chi connectivity index (χ2v) is 20.4. The quantitative estimate of drug-likeness (QED) is 0.0344. The monoisotopic (exact) mass is 877 g/mol. The molecule has 0 N–H and O–H groups in total. The van der Waals surface area contributed by atoms with Crippen molar-refractivity contribution in [1.29, 1.82) is 0 Å². The maximum absolute atomic E-state index is 12.8. The molecule has 6 nitrogen and oxygen atoms in total. The molecule has 0 amide bonds. The smallest absolute Gasteiger partial charge is 0.306 e. The van der Waals surface area contributed by atoms with Gasteiger partial charge in [-0.25, -0.2) is 0 Å². The number of esters is 3. The zero-order valence-corrected chi connectivity index (χ0v) is 42.7. The Hall–Kier alpha value is -1.59. The molecule has 0 saturated carbocycles. The normalized spacial score (nSPS) is 12.6. The number of hydrogen-bond acceptors (Lipinski definition) is 6. The van der Waals surface area contributed by atoms with Crippen molar-refractivity contribution >= 4 is 17.9 Å². The molecule has 0 aliphatic carbocycles. The molecule has 62 heavy (non-hydrogen) atoms. The summed E-state index contributed by atoms with van der Waals surface area (Å²) < 4.78 is 16.8. The van der Waals surface area contributed by atoms with Crippen LogP contribution in [-0.2, 0) is 28.6 Å². The largest absolute Gasteiger partial charge is 0.462 e. The summed E-state index contributed by atoms with van der Waals surface area (Å²) in [4.78, 5) is 38.0. The van der Waals surface area contributed by atoms with Crippen molar-refractivity contribution in [3.05, 3.63) is 0 Å². The Labute approximate surface area is 387 Å². The van der Waals surface area contributed by atoms with E-state index in [-0.39, 0.29) is 31.1 Å². The van der Waals surface area contributed by atoms with Crippen molar-refractivity contribution < 1.29 is 28.6 Å². The van der Waals surface area contributed by atoms with Crippen LogP contribution >= 0.6 is 0 Å². The molecule has 0 spiro atoms. The van der Waals surface area contributed by atoms with Gasteiger partial charge in [0.1, 0.15) is 13.2 Å². The molecule has 0 aliphatic heterocycles. The van der Waals surface area contributed by atoms with E-state index in [2.05, 4.69) is 41.5 Å². The predicted molar refractivity (Wildman–Crippen MR) is 266 cm³/mol. The first-order valence-electron chi connectivity index (χ1n) is 27.6. The summed E-state index contributed by atoms with van der Waals surface area (Å²) in [7, 11) is 0. The third-order valence-corrected chi connectivity index (χ3v) is 13.0. The van der Waals surface area contributed by atoms with E-state index in [1.54, 1.807) is 0 Å². The highest BCUT2D eigenvalue weighted by Gasteiger charge is 2.19. The molecular formula is C56H108O6. The van der Waals surface area contributed by atoms with Gasteiger partial charge in [-0.15, -0.1) is 0 Å². The molecule has 368 valence electrons. The fraction of sp³-hybridized carbons (Fsp3) is 0.946. The number of unbranched alkanes of at least 4 members (excludes halogenated alkanes) is 31. The van der Waals surface area contributed by atoms with Gasteiger partial charge >= 0.3 is 17.9 Å². The van der Waals surface area contributed by atoms with Gasteiger partial charge in [-0.1, -0.05) is 266 Å². The minimum absolute atomic E-state index is 0.0648. The lowest BCUT2D eigenvalue weighted by Crippen LogP contribution is -2.30. The molecule has 0 aliphatic rings. The molecule has 0 aromatic carbocycles. The van der Waals surface area contributed by atoms with Gasteiger partial charge in [0.05, 0.1) is 0 Å². The maximum atomic E-state index is 12.8. The number of hydrogen-bond donors (Lipinski definition) is 0. The SMILES string of the molecule is CCC(C)CCCCCCCCC(=O)O[C@@H](COC(=O)CCCCCCCCCCCCCCCCCC(C)C)COC(=O)CCCCCCCCCCCCCCCC(C)C. The summed E-state index contributed by atoms with van der Waals surface area (Å²) in [5.74, 6) is 1.65. The van der Waals surface area contributed by atoms with Crippen molar-refractivity contribution in [2.24, 2.45) is 17.8 Å². The topological polar surface area (TPSA) is 78.9 Å². The van der Waals surface area contributed by atoms with Gasteiger partial charge in [0.25, 0.3) is 0 Å². The second-order valence-electron chi connectivity index (χ2n) is 20.4. The molecule has 2 atom stereocenters. The predicted octanol–water partition coefficient (Wildman–Crippen LogP) is 17.9. The van der Waals surface area contributed by atoms with E-state index >= 15 is 0 Å². The number of carbonyl (C=O) groups excluding carboxylic acids is 3. The van der Waals surface area contributed by atoms with Gasteiger partial charge < -0.3 is 14.2 Å². The van der Waals surface area contributed by atoms with Crippen LogP contribution in [0.1, 0.15) is 305 Å². The third kappa shape index (κ3) is 47.9. The molecule has 0 saturated heterocycles. The van der Waals surface area contributed by atoms with Crippen LogP contribution in [0, 0.1) is 17.8 Å². The van der Waals surface area contributed by atoms with Crippen molar-refractivity contribution in [2.75, 3.05) is 13.2 Å². The molecule has 6 heteroatoms. The standard InChI is InChI=1S/C56H108O6/c1-7-52(6)44-38-32-28-29-35-41-47-56(59)62-53(49-61-55(58)46-40-34-27-23-19-15-11-13-17-21-25-31-37-43-51(4)5)48-60-54(57)45-39-33-26-22-18-14-10-8-9-12-16-20-24-30-36-42-50(2)3/h50-53H,7-49H2,1-6H3/t52?,53-/m0/s1. The van der Waals surface area contributed by atoms with Gasteiger partial charge in [-0.3, -0.25) is 14.4 Å². The van der Waals surface area contributed by atoms with Crippen LogP contribution in [0.25, 0.3) is 0 Å². The summed E-state index contributed by atoms with van der Waals surface area (Å²) in [5, 5.41) is 0. The van der Waals surface area contributed by atoms with E-state index in [0.29, 0.717) is 19.3 Å². The Morgan fingerprint density at radius 3 is 0.839 bits per heavy atom. The molecular weight excluding hydrogens is 769 g/mol. The number of ether oxygens (including phenoxy) is 3. The average Bonchev–Trinajstić information content (AvgIpc) is 3.24. The van der Waals surface area contributed by atoms with Crippen LogP contribution in [0.5, 0.6) is 0 Å². The highest BCUT2D eigenvalue weighted by atomic mass is 16.6. The molecule has 0 bridgehead atoms. The summed E-state index contributed by atoms with van der Waals surface area (Å²) in [6.45, 7) is 13.7. The summed E-state index contributed by atoms with van der Waals surface area (Å²) in [6, 6.07) is 0. The van der Waals surface area contributed by atoms with Crippen molar-refractivity contribution in [2.45, 2.75) is 311 Å². The van der Waals surface area contributed by atoms with E-state index in [0.717, 1.165) is 75.5 Å². The Morgan fingerprint density at radius 2 is 0.565 bits per heavy atom. The van der Waals surface area contributed by atoms with Crippen molar-refractivity contribution in [3.8, 4) is 0 Å². The number of carbonyl (C=O) groups is 3. The third-order valence-electron chi connectivity index (χ3n) is 13.0. The van der Waals surface area contributed by atoms with Crippen LogP contribution in [0.4, 0.5) is 0 Å². The van der Waals surface area contributed by atoms with Crippen LogP contribution < -0.4 is 0 Å². The molecule has 0 rings (SSSR count). The highest BCUT2D eigenvalue weighted by Crippen LogP contribution is 2.18. The second kappa shape index (κ2) is 47.4. The number of rotatable bonds is 49. The van der Waals surface area contributed by atoms with E-state index in [1.807, 2.05) is 0 Å². The highest BCUT2D eigenvalue weighted by molar-refractivity contribution is 5.71. The Morgan fingerprint density at radius 1 is 0.323 bits per heavy atom. The van der Waals surface area contributed by atoms with Gasteiger partial charge in [0.15, 0.2) is 6.10 Å². The van der Waals surface area contributed by atoms with Gasteiger partial charge in [0.2, 0.25) is 0 Å². The summed E-state index contributed by atoms with van der Waals surface area (Å²) in [6.07, 6.45) is 48.1. The van der Waals surface area contributed by atoms with E-state index in [4.69, 9.17) is 14.2 Å². The fourth-order valence-corrected chi connectivity index (χ4v) is 8.44. The van der Waals surface area contributed by atoms with E-state index < -0.39 is 6.10 Å². The molecule has 0 fully saturated rings. The van der Waals surface area contributed by atoms with Crippen LogP contribution in [0.3, 0.4) is 0 Å². The lowest BCUT2D eigenvalue weighted by Gasteiger charge is -2.18. The summed E-state index contributed by atoms with van der Waals surface area (Å²) in [5.41, 5.74) is 0. The molecule has 0 heterocycles. The molecule has 0 radical (unpaired) electrons. The van der Waals surface area contributed by atoms with Gasteiger partial charge in [-0.05, 0) is 37.0 Å². The lowest BCUT2D eigenvalue weighted by atomic mass is 10.00. The van der Waals surface area contributed by atoms with Gasteiger partial charge in [-0.2, -0.15) is 0 Å². The molecule has 0 aromatic heterocycles. The Balaban J connectivity index is 4.24. The van der Waals surface area contributed by atoms with Gasteiger partial charge in [0, 0.05) is 19.3 Å². The molecule has 0 aromatic rings.